The third-order valence-corrected chi connectivity index (χ3v) is 5.46. The van der Waals surface area contributed by atoms with Crippen molar-refractivity contribution in [1.29, 1.82) is 0 Å². The Hall–Kier alpha value is -3.80. The molecule has 3 aromatic carbocycles. The van der Waals surface area contributed by atoms with Gasteiger partial charge in [-0.15, -0.1) is 0 Å². The molecule has 0 heterocycles. The molecule has 6 nitrogen and oxygen atoms in total. The lowest BCUT2D eigenvalue weighted by Gasteiger charge is -2.13. The lowest BCUT2D eigenvalue weighted by molar-refractivity contribution is 0.101. The number of hydrogen-bond acceptors (Lipinski definition) is 4. The van der Waals surface area contributed by atoms with Gasteiger partial charge in [0, 0.05) is 22.5 Å². The third-order valence-electron chi connectivity index (χ3n) is 5.46. The molecule has 0 aromatic heterocycles. The van der Waals surface area contributed by atoms with Crippen LogP contribution in [0.5, 0.6) is 11.5 Å². The zero-order valence-corrected chi connectivity index (χ0v) is 20.1. The van der Waals surface area contributed by atoms with Gasteiger partial charge >= 0.3 is 0 Å². The molecule has 2 atom stereocenters. The zero-order chi connectivity index (χ0) is 24.5. The summed E-state index contributed by atoms with van der Waals surface area (Å²) in [5.41, 5.74) is 2.26. The van der Waals surface area contributed by atoms with Crippen LogP contribution in [0.3, 0.4) is 0 Å². The SMILES string of the molecule is CCC(C)Oc1ccc(NC(=O)c2ccc(C(=O)Nc3ccc(OC(C)CC)cc3)cc2)cc1. The fraction of sp³-hybridized carbons (Fsp3) is 0.286. The summed E-state index contributed by atoms with van der Waals surface area (Å²) >= 11 is 0. The van der Waals surface area contributed by atoms with Crippen molar-refractivity contribution >= 4 is 23.2 Å². The molecule has 0 aliphatic carbocycles. The summed E-state index contributed by atoms with van der Waals surface area (Å²) in [4.78, 5) is 25.1. The Labute approximate surface area is 201 Å². The molecule has 6 heteroatoms. The van der Waals surface area contributed by atoms with E-state index in [1.54, 1.807) is 48.5 Å². The molecular weight excluding hydrogens is 428 g/mol. The fourth-order valence-corrected chi connectivity index (χ4v) is 3.04. The molecular formula is C28H32N2O4. The normalized spacial score (nSPS) is 12.4. The van der Waals surface area contributed by atoms with Crippen molar-refractivity contribution in [2.24, 2.45) is 0 Å². The minimum absolute atomic E-state index is 0.138. The van der Waals surface area contributed by atoms with Crippen molar-refractivity contribution in [2.45, 2.75) is 52.7 Å². The molecule has 0 fully saturated rings. The first-order valence-electron chi connectivity index (χ1n) is 11.6. The number of ether oxygens (including phenoxy) is 2. The van der Waals surface area contributed by atoms with Crippen molar-refractivity contribution in [3.63, 3.8) is 0 Å². The highest BCUT2D eigenvalue weighted by molar-refractivity contribution is 6.07. The van der Waals surface area contributed by atoms with Crippen molar-refractivity contribution in [3.8, 4) is 11.5 Å². The van der Waals surface area contributed by atoms with Crippen LogP contribution in [0, 0.1) is 0 Å². The van der Waals surface area contributed by atoms with Gasteiger partial charge in [0.15, 0.2) is 0 Å². The predicted octanol–water partition coefficient (Wildman–Crippen LogP) is 6.55. The van der Waals surface area contributed by atoms with Gasteiger partial charge in [0.05, 0.1) is 12.2 Å². The molecule has 0 aliphatic rings. The lowest BCUT2D eigenvalue weighted by Crippen LogP contribution is -2.14. The maximum absolute atomic E-state index is 12.6. The van der Waals surface area contributed by atoms with E-state index in [1.807, 2.05) is 38.1 Å². The molecule has 0 saturated carbocycles. The molecule has 3 aromatic rings. The summed E-state index contributed by atoms with van der Waals surface area (Å²) in [6, 6.07) is 21.1. The Morgan fingerprint density at radius 2 is 0.941 bits per heavy atom. The molecule has 178 valence electrons. The number of anilines is 2. The van der Waals surface area contributed by atoms with Crippen LogP contribution in [0.15, 0.2) is 72.8 Å². The van der Waals surface area contributed by atoms with Crippen molar-refractivity contribution < 1.29 is 19.1 Å². The van der Waals surface area contributed by atoms with Crippen molar-refractivity contribution in [3.05, 3.63) is 83.9 Å². The van der Waals surface area contributed by atoms with Crippen LogP contribution in [-0.2, 0) is 0 Å². The number of rotatable bonds is 10. The van der Waals surface area contributed by atoms with Crippen LogP contribution in [0.1, 0.15) is 61.3 Å². The summed E-state index contributed by atoms with van der Waals surface area (Å²) < 4.78 is 11.5. The predicted molar refractivity (Wildman–Crippen MR) is 136 cm³/mol. The number of hydrogen-bond donors (Lipinski definition) is 2. The summed E-state index contributed by atoms with van der Waals surface area (Å²) in [5, 5.41) is 5.71. The molecule has 2 N–H and O–H groups in total. The molecule has 0 saturated heterocycles. The van der Waals surface area contributed by atoms with Crippen molar-refractivity contribution in [2.75, 3.05) is 10.6 Å². The van der Waals surface area contributed by atoms with Gasteiger partial charge in [0.2, 0.25) is 0 Å². The summed E-state index contributed by atoms with van der Waals surface area (Å²) in [6.45, 7) is 8.16. The first-order valence-corrected chi connectivity index (χ1v) is 11.6. The van der Waals surface area contributed by atoms with E-state index in [2.05, 4.69) is 24.5 Å². The van der Waals surface area contributed by atoms with Gasteiger partial charge in [0.1, 0.15) is 11.5 Å². The number of amides is 2. The molecule has 2 unspecified atom stereocenters. The smallest absolute Gasteiger partial charge is 0.255 e. The monoisotopic (exact) mass is 460 g/mol. The standard InChI is InChI=1S/C28H32N2O4/c1-5-19(3)33-25-15-11-23(12-16-25)29-27(31)21-7-9-22(10-8-21)28(32)30-24-13-17-26(18-14-24)34-20(4)6-2/h7-20H,5-6H2,1-4H3,(H,29,31)(H,30,32). The summed E-state index contributed by atoms with van der Waals surface area (Å²) in [6.07, 6.45) is 2.12. The highest BCUT2D eigenvalue weighted by Crippen LogP contribution is 2.20. The van der Waals surface area contributed by atoms with E-state index in [0.717, 1.165) is 24.3 Å². The van der Waals surface area contributed by atoms with Crippen LogP contribution in [0.4, 0.5) is 11.4 Å². The maximum Gasteiger partial charge on any atom is 0.255 e. The van der Waals surface area contributed by atoms with Gasteiger partial charge in [0.25, 0.3) is 11.8 Å². The van der Waals surface area contributed by atoms with Gasteiger partial charge in [-0.2, -0.15) is 0 Å². The molecule has 34 heavy (non-hydrogen) atoms. The molecule has 3 rings (SSSR count). The van der Waals surface area contributed by atoms with Crippen LogP contribution in [0.25, 0.3) is 0 Å². The van der Waals surface area contributed by atoms with E-state index < -0.39 is 0 Å². The Bertz CT molecular complexity index is 988. The molecule has 0 bridgehead atoms. The second-order valence-electron chi connectivity index (χ2n) is 8.21. The minimum Gasteiger partial charge on any atom is -0.491 e. The van der Waals surface area contributed by atoms with E-state index in [0.29, 0.717) is 22.5 Å². The Morgan fingerprint density at radius 3 is 1.24 bits per heavy atom. The quantitative estimate of drug-likeness (QED) is 0.360. The Morgan fingerprint density at radius 1 is 0.618 bits per heavy atom. The molecule has 2 amide bonds. The van der Waals surface area contributed by atoms with Gasteiger partial charge in [-0.25, -0.2) is 0 Å². The molecule has 0 spiro atoms. The van der Waals surface area contributed by atoms with E-state index in [-0.39, 0.29) is 24.0 Å². The maximum atomic E-state index is 12.6. The fourth-order valence-electron chi connectivity index (χ4n) is 3.04. The lowest BCUT2D eigenvalue weighted by atomic mass is 10.1. The molecule has 0 radical (unpaired) electrons. The van der Waals surface area contributed by atoms with E-state index in [9.17, 15) is 9.59 Å². The first kappa shape index (κ1) is 24.8. The van der Waals surface area contributed by atoms with Crippen LogP contribution >= 0.6 is 0 Å². The second kappa shape index (κ2) is 11.9. The number of benzene rings is 3. The van der Waals surface area contributed by atoms with E-state index >= 15 is 0 Å². The van der Waals surface area contributed by atoms with Gasteiger partial charge < -0.3 is 20.1 Å². The third kappa shape index (κ3) is 7.10. The Kier molecular flexibility index (Phi) is 8.68. The largest absolute Gasteiger partial charge is 0.491 e. The van der Waals surface area contributed by atoms with Crippen LogP contribution in [0.2, 0.25) is 0 Å². The number of carbonyl (C=O) groups is 2. The van der Waals surface area contributed by atoms with E-state index in [4.69, 9.17) is 9.47 Å². The highest BCUT2D eigenvalue weighted by atomic mass is 16.5. The Balaban J connectivity index is 1.55. The zero-order valence-electron chi connectivity index (χ0n) is 20.1. The van der Waals surface area contributed by atoms with Crippen LogP contribution in [-0.4, -0.2) is 24.0 Å². The molecule has 0 aliphatic heterocycles. The minimum atomic E-state index is -0.251. The highest BCUT2D eigenvalue weighted by Gasteiger charge is 2.11. The summed E-state index contributed by atoms with van der Waals surface area (Å²) in [7, 11) is 0. The summed E-state index contributed by atoms with van der Waals surface area (Å²) in [5.74, 6) is 1.03. The number of nitrogens with one attached hydrogen (secondary N) is 2. The number of carbonyl (C=O) groups excluding carboxylic acids is 2. The first-order chi connectivity index (χ1) is 16.4. The average molecular weight is 461 g/mol. The van der Waals surface area contributed by atoms with E-state index in [1.165, 1.54) is 0 Å². The average Bonchev–Trinajstić information content (AvgIpc) is 2.86. The topological polar surface area (TPSA) is 76.7 Å². The second-order valence-corrected chi connectivity index (χ2v) is 8.21. The van der Waals surface area contributed by atoms with Crippen LogP contribution < -0.4 is 20.1 Å². The van der Waals surface area contributed by atoms with Gasteiger partial charge in [-0.1, -0.05) is 13.8 Å². The van der Waals surface area contributed by atoms with Gasteiger partial charge in [-0.3, -0.25) is 9.59 Å². The van der Waals surface area contributed by atoms with Crippen molar-refractivity contribution in [1.82, 2.24) is 0 Å². The van der Waals surface area contributed by atoms with Gasteiger partial charge in [-0.05, 0) is 99.5 Å².